The Morgan fingerprint density at radius 2 is 2.07 bits per heavy atom. The zero-order chi connectivity index (χ0) is 11.0. The van der Waals surface area contributed by atoms with Gasteiger partial charge in [0.2, 0.25) is 0 Å². The van der Waals surface area contributed by atoms with E-state index in [1.54, 1.807) is 11.8 Å². The fraction of sp³-hybridized carbons (Fsp3) is 0.385. The Morgan fingerprint density at radius 1 is 1.43 bits per heavy atom. The molecule has 0 amide bonds. The summed E-state index contributed by atoms with van der Waals surface area (Å²) in [5.74, 6) is 0. The molecule has 14 heavy (non-hydrogen) atoms. The van der Waals surface area contributed by atoms with Gasteiger partial charge in [-0.05, 0) is 32.1 Å². The molecule has 0 aromatic carbocycles. The Bertz CT molecular complexity index is 267. The molecule has 0 radical (unpaired) electrons. The average molecular weight is 208 g/mol. The average Bonchev–Trinajstić information content (AvgIpc) is 2.13. The van der Waals surface area contributed by atoms with Crippen LogP contribution in [-0.2, 0) is 0 Å². The van der Waals surface area contributed by atoms with Gasteiger partial charge in [-0.15, -0.1) is 11.8 Å². The molecule has 0 spiro atoms. The van der Waals surface area contributed by atoms with Crippen LogP contribution in [-0.4, -0.2) is 6.26 Å². The Labute approximate surface area is 92.5 Å². The van der Waals surface area contributed by atoms with Gasteiger partial charge in [0.1, 0.15) is 0 Å². The molecule has 0 N–H and O–H groups in total. The molecule has 0 fully saturated rings. The molecule has 0 aliphatic rings. The number of hydrogen-bond donors (Lipinski definition) is 0. The highest BCUT2D eigenvalue weighted by Gasteiger charge is 1.99. The number of allylic oxidation sites excluding steroid dienone is 6. The number of rotatable bonds is 5. The highest BCUT2D eigenvalue weighted by molar-refractivity contribution is 8.02. The number of hydrogen-bond acceptors (Lipinski definition) is 1. The van der Waals surface area contributed by atoms with Crippen molar-refractivity contribution in [2.24, 2.45) is 0 Å². The fourth-order valence-corrected chi connectivity index (χ4v) is 1.85. The van der Waals surface area contributed by atoms with Crippen LogP contribution < -0.4 is 0 Å². The predicted molar refractivity (Wildman–Crippen MR) is 69.6 cm³/mol. The van der Waals surface area contributed by atoms with Crippen LogP contribution in [0.5, 0.6) is 0 Å². The summed E-state index contributed by atoms with van der Waals surface area (Å²) in [6.45, 7) is 10.1. The van der Waals surface area contributed by atoms with Gasteiger partial charge in [0.05, 0.1) is 0 Å². The molecule has 0 aromatic rings. The quantitative estimate of drug-likeness (QED) is 0.589. The van der Waals surface area contributed by atoms with Gasteiger partial charge >= 0.3 is 0 Å². The Morgan fingerprint density at radius 3 is 2.43 bits per heavy atom. The van der Waals surface area contributed by atoms with E-state index in [2.05, 4.69) is 44.1 Å². The Balaban J connectivity index is 4.98. The lowest BCUT2D eigenvalue weighted by Gasteiger charge is -2.05. The summed E-state index contributed by atoms with van der Waals surface area (Å²) in [4.78, 5) is 1.33. The molecule has 0 aromatic heterocycles. The Kier molecular flexibility index (Phi) is 7.31. The normalized spacial score (nSPS) is 13.7. The first kappa shape index (κ1) is 13.3. The highest BCUT2D eigenvalue weighted by Crippen LogP contribution is 2.24. The van der Waals surface area contributed by atoms with Crippen molar-refractivity contribution in [1.82, 2.24) is 0 Å². The Hall–Kier alpha value is -0.690. The molecule has 0 saturated heterocycles. The zero-order valence-electron chi connectivity index (χ0n) is 9.63. The summed E-state index contributed by atoms with van der Waals surface area (Å²) in [6, 6.07) is 0. The van der Waals surface area contributed by atoms with E-state index in [0.29, 0.717) is 0 Å². The van der Waals surface area contributed by atoms with Crippen LogP contribution in [0.4, 0.5) is 0 Å². The lowest BCUT2D eigenvalue weighted by molar-refractivity contribution is 1.22. The van der Waals surface area contributed by atoms with E-state index in [4.69, 9.17) is 0 Å². The lowest BCUT2D eigenvalue weighted by atomic mass is 10.1. The van der Waals surface area contributed by atoms with Crippen molar-refractivity contribution in [3.8, 4) is 0 Å². The minimum atomic E-state index is 1.07. The molecule has 0 atom stereocenters. The van der Waals surface area contributed by atoms with E-state index < -0.39 is 0 Å². The van der Waals surface area contributed by atoms with Crippen LogP contribution in [0.3, 0.4) is 0 Å². The van der Waals surface area contributed by atoms with Gasteiger partial charge in [-0.2, -0.15) is 0 Å². The third kappa shape index (κ3) is 5.13. The first-order chi connectivity index (χ1) is 6.65. The smallest absolute Gasteiger partial charge is 0.0102 e. The topological polar surface area (TPSA) is 0 Å². The zero-order valence-corrected chi connectivity index (χ0v) is 10.4. The standard InChI is InChI=1S/C13H20S/c1-6-8-12(10-11(3)4)13(14-5)9-7-2/h6,8-10H,3,7H2,1-2,4-5H3/b8-6-,12-10+,13-9?. The molecular formula is C13H20S. The summed E-state index contributed by atoms with van der Waals surface area (Å²) in [5, 5.41) is 0. The summed E-state index contributed by atoms with van der Waals surface area (Å²) >= 11 is 1.78. The van der Waals surface area contributed by atoms with Crippen molar-refractivity contribution in [3.63, 3.8) is 0 Å². The van der Waals surface area contributed by atoms with Gasteiger partial charge in [-0.3, -0.25) is 0 Å². The van der Waals surface area contributed by atoms with Crippen molar-refractivity contribution in [2.45, 2.75) is 27.2 Å². The molecule has 0 unspecified atom stereocenters. The summed E-state index contributed by atoms with van der Waals surface area (Å²) < 4.78 is 0. The van der Waals surface area contributed by atoms with E-state index in [0.717, 1.165) is 12.0 Å². The highest BCUT2D eigenvalue weighted by atomic mass is 32.2. The van der Waals surface area contributed by atoms with E-state index in [1.165, 1.54) is 10.5 Å². The van der Waals surface area contributed by atoms with Crippen molar-refractivity contribution < 1.29 is 0 Å². The van der Waals surface area contributed by atoms with Gasteiger partial charge in [-0.1, -0.05) is 43.4 Å². The minimum absolute atomic E-state index is 1.07. The van der Waals surface area contributed by atoms with Crippen LogP contribution in [0, 0.1) is 0 Å². The molecule has 0 heterocycles. The van der Waals surface area contributed by atoms with Crippen LogP contribution in [0.25, 0.3) is 0 Å². The predicted octanol–water partition coefficient (Wildman–Crippen LogP) is 4.72. The second-order valence-electron chi connectivity index (χ2n) is 3.13. The maximum Gasteiger partial charge on any atom is 0.0102 e. The third-order valence-corrected chi connectivity index (χ3v) is 2.48. The van der Waals surface area contributed by atoms with Gasteiger partial charge in [-0.25, -0.2) is 0 Å². The molecule has 0 rings (SSSR count). The fourth-order valence-electron chi connectivity index (χ4n) is 1.15. The molecular weight excluding hydrogens is 188 g/mol. The summed E-state index contributed by atoms with van der Waals surface area (Å²) in [7, 11) is 0. The molecule has 0 bridgehead atoms. The second-order valence-corrected chi connectivity index (χ2v) is 3.97. The summed E-state index contributed by atoms with van der Waals surface area (Å²) in [6.07, 6.45) is 11.7. The molecule has 0 nitrogen and oxygen atoms in total. The van der Waals surface area contributed by atoms with E-state index >= 15 is 0 Å². The van der Waals surface area contributed by atoms with Gasteiger partial charge < -0.3 is 0 Å². The largest absolute Gasteiger partial charge is 0.129 e. The monoisotopic (exact) mass is 208 g/mol. The van der Waals surface area contributed by atoms with E-state index in [-0.39, 0.29) is 0 Å². The minimum Gasteiger partial charge on any atom is -0.129 e. The molecule has 1 heteroatoms. The van der Waals surface area contributed by atoms with E-state index in [9.17, 15) is 0 Å². The van der Waals surface area contributed by atoms with Crippen molar-refractivity contribution >= 4 is 11.8 Å². The first-order valence-corrected chi connectivity index (χ1v) is 6.12. The molecule has 78 valence electrons. The summed E-state index contributed by atoms with van der Waals surface area (Å²) in [5.41, 5.74) is 2.35. The van der Waals surface area contributed by atoms with E-state index in [1.807, 2.05) is 13.8 Å². The van der Waals surface area contributed by atoms with Crippen molar-refractivity contribution in [3.05, 3.63) is 46.9 Å². The van der Waals surface area contributed by atoms with Crippen molar-refractivity contribution in [1.29, 1.82) is 0 Å². The first-order valence-electron chi connectivity index (χ1n) is 4.90. The maximum atomic E-state index is 3.91. The molecule has 0 saturated carbocycles. The van der Waals surface area contributed by atoms with Crippen LogP contribution in [0.2, 0.25) is 0 Å². The SMILES string of the molecule is C=C(C)/C=C(\C=C/C)C(=CCC)SC. The maximum absolute atomic E-state index is 3.91. The lowest BCUT2D eigenvalue weighted by Crippen LogP contribution is -1.83. The van der Waals surface area contributed by atoms with Gasteiger partial charge in [0.15, 0.2) is 0 Å². The van der Waals surface area contributed by atoms with Crippen LogP contribution in [0.1, 0.15) is 27.2 Å². The molecule has 0 aliphatic carbocycles. The molecule has 0 aliphatic heterocycles. The second kappa shape index (κ2) is 7.69. The van der Waals surface area contributed by atoms with Crippen molar-refractivity contribution in [2.75, 3.05) is 6.26 Å². The van der Waals surface area contributed by atoms with Crippen LogP contribution in [0.15, 0.2) is 46.9 Å². The number of thioether (sulfide) groups is 1. The van der Waals surface area contributed by atoms with Crippen LogP contribution >= 0.6 is 11.8 Å². The van der Waals surface area contributed by atoms with Gasteiger partial charge in [0, 0.05) is 4.91 Å². The van der Waals surface area contributed by atoms with Gasteiger partial charge in [0.25, 0.3) is 0 Å². The third-order valence-electron chi connectivity index (χ3n) is 1.64.